The van der Waals surface area contributed by atoms with Gasteiger partial charge < -0.3 is 20.3 Å². The van der Waals surface area contributed by atoms with Crippen molar-refractivity contribution in [3.8, 4) is 5.75 Å². The minimum absolute atomic E-state index is 0.148. The lowest BCUT2D eigenvalue weighted by Gasteiger charge is -2.37. The molecular formula is C23H26N4O3. The van der Waals surface area contributed by atoms with Crippen LogP contribution in [0.25, 0.3) is 0 Å². The molecule has 2 aliphatic rings. The van der Waals surface area contributed by atoms with Crippen LogP contribution in [0, 0.1) is 13.8 Å². The fourth-order valence-electron chi connectivity index (χ4n) is 3.91. The lowest BCUT2D eigenvalue weighted by atomic mass is 9.98. The molecule has 0 aliphatic carbocycles. The molecule has 2 aliphatic heterocycles. The van der Waals surface area contributed by atoms with E-state index >= 15 is 0 Å². The highest BCUT2D eigenvalue weighted by atomic mass is 16.5. The Balaban J connectivity index is 1.44. The largest absolute Gasteiger partial charge is 0.495 e. The van der Waals surface area contributed by atoms with E-state index in [0.29, 0.717) is 43.1 Å². The van der Waals surface area contributed by atoms with Crippen molar-refractivity contribution in [1.82, 2.24) is 10.2 Å². The van der Waals surface area contributed by atoms with Crippen molar-refractivity contribution in [1.29, 1.82) is 0 Å². The molecule has 2 aromatic rings. The highest BCUT2D eigenvalue weighted by Crippen LogP contribution is 2.30. The Morgan fingerprint density at radius 2 is 1.87 bits per heavy atom. The van der Waals surface area contributed by atoms with Crippen molar-refractivity contribution >= 4 is 23.3 Å². The maximum atomic E-state index is 12.7. The molecule has 0 bridgehead atoms. The first kappa shape index (κ1) is 19.9. The minimum atomic E-state index is -0.633. The van der Waals surface area contributed by atoms with Gasteiger partial charge in [-0.15, -0.1) is 0 Å². The van der Waals surface area contributed by atoms with Crippen LogP contribution in [0.15, 0.2) is 47.5 Å². The Kier molecular flexibility index (Phi) is 5.20. The van der Waals surface area contributed by atoms with Crippen LogP contribution in [-0.2, 0) is 4.79 Å². The predicted octanol–water partition coefficient (Wildman–Crippen LogP) is 3.26. The van der Waals surface area contributed by atoms with Gasteiger partial charge >= 0.3 is 6.03 Å². The fourth-order valence-corrected chi connectivity index (χ4v) is 3.91. The van der Waals surface area contributed by atoms with Crippen LogP contribution in [0.1, 0.15) is 29.5 Å². The van der Waals surface area contributed by atoms with Gasteiger partial charge in [-0.2, -0.15) is 0 Å². The minimum Gasteiger partial charge on any atom is -0.495 e. The molecule has 30 heavy (non-hydrogen) atoms. The summed E-state index contributed by atoms with van der Waals surface area (Å²) in [5, 5.41) is 5.96. The third-order valence-corrected chi connectivity index (χ3v) is 5.89. The molecule has 0 radical (unpaired) electrons. The first-order valence-corrected chi connectivity index (χ1v) is 10.1. The predicted molar refractivity (Wildman–Crippen MR) is 116 cm³/mol. The van der Waals surface area contributed by atoms with Gasteiger partial charge in [-0.05, 0) is 43.2 Å². The van der Waals surface area contributed by atoms with Crippen LogP contribution < -0.4 is 15.4 Å². The Hall–Kier alpha value is -3.35. The zero-order valence-corrected chi connectivity index (χ0v) is 17.5. The summed E-state index contributed by atoms with van der Waals surface area (Å²) in [6.07, 6.45) is 1.15. The van der Waals surface area contributed by atoms with Crippen LogP contribution in [-0.4, -0.2) is 48.4 Å². The molecule has 0 atom stereocenters. The van der Waals surface area contributed by atoms with E-state index in [-0.39, 0.29) is 11.9 Å². The van der Waals surface area contributed by atoms with Gasteiger partial charge in [-0.1, -0.05) is 24.3 Å². The second-order valence-electron chi connectivity index (χ2n) is 7.86. The number of hydrogen-bond acceptors (Lipinski definition) is 4. The number of nitrogens with one attached hydrogen (secondary N) is 2. The number of hydrogen-bond donors (Lipinski definition) is 2. The molecule has 7 heteroatoms. The van der Waals surface area contributed by atoms with Crippen LogP contribution in [0.2, 0.25) is 0 Å². The lowest BCUT2D eigenvalue weighted by Crippen LogP contribution is -2.53. The summed E-state index contributed by atoms with van der Waals surface area (Å²) in [5.74, 6) is 0.468. The molecule has 2 aromatic carbocycles. The number of anilines is 1. The Bertz CT molecular complexity index is 1020. The number of rotatable bonds is 3. The summed E-state index contributed by atoms with van der Waals surface area (Å²) >= 11 is 0. The smallest absolute Gasteiger partial charge is 0.321 e. The van der Waals surface area contributed by atoms with Gasteiger partial charge in [0, 0.05) is 31.5 Å². The van der Waals surface area contributed by atoms with Crippen LogP contribution >= 0.6 is 0 Å². The monoisotopic (exact) mass is 406 g/mol. The number of carbonyl (C=O) groups excluding carboxylic acids is 2. The maximum Gasteiger partial charge on any atom is 0.321 e. The first-order chi connectivity index (χ1) is 14.4. The van der Waals surface area contributed by atoms with Gasteiger partial charge in [0.1, 0.15) is 17.1 Å². The van der Waals surface area contributed by atoms with Crippen LogP contribution in [0.3, 0.4) is 0 Å². The van der Waals surface area contributed by atoms with E-state index in [1.54, 1.807) is 24.1 Å². The maximum absolute atomic E-state index is 12.7. The molecule has 0 unspecified atom stereocenters. The number of urea groups is 1. The van der Waals surface area contributed by atoms with Crippen molar-refractivity contribution < 1.29 is 14.3 Å². The third kappa shape index (κ3) is 3.75. The van der Waals surface area contributed by atoms with E-state index in [1.165, 1.54) is 5.56 Å². The number of likely N-dealkylation sites (tertiary alicyclic amines) is 1. The van der Waals surface area contributed by atoms with Crippen molar-refractivity contribution in [2.45, 2.75) is 32.4 Å². The number of piperidine rings is 1. The molecular weight excluding hydrogens is 380 g/mol. The number of amides is 3. The third-order valence-electron chi connectivity index (χ3n) is 5.89. The highest BCUT2D eigenvalue weighted by Gasteiger charge is 2.43. The Morgan fingerprint density at radius 1 is 1.13 bits per heavy atom. The van der Waals surface area contributed by atoms with Crippen molar-refractivity contribution in [3.05, 3.63) is 59.2 Å². The molecule has 3 amide bonds. The van der Waals surface area contributed by atoms with Crippen molar-refractivity contribution in [3.63, 3.8) is 0 Å². The van der Waals surface area contributed by atoms with E-state index < -0.39 is 5.66 Å². The van der Waals surface area contributed by atoms with E-state index in [0.717, 1.165) is 11.1 Å². The van der Waals surface area contributed by atoms with Crippen LogP contribution in [0.5, 0.6) is 5.75 Å². The van der Waals surface area contributed by atoms with E-state index in [1.807, 2.05) is 44.2 Å². The van der Waals surface area contributed by atoms with Crippen LogP contribution in [0.4, 0.5) is 10.5 Å². The van der Waals surface area contributed by atoms with Gasteiger partial charge in [-0.25, -0.2) is 4.79 Å². The number of benzene rings is 2. The molecule has 0 saturated carbocycles. The molecule has 1 saturated heterocycles. The number of para-hydroxylation sites is 2. The van der Waals surface area contributed by atoms with Gasteiger partial charge in [0.2, 0.25) is 0 Å². The molecule has 7 nitrogen and oxygen atoms in total. The summed E-state index contributed by atoms with van der Waals surface area (Å²) < 4.78 is 5.29. The molecule has 2 N–H and O–H groups in total. The average molecular weight is 406 g/mol. The molecule has 0 aromatic heterocycles. The molecule has 156 valence electrons. The second-order valence-corrected chi connectivity index (χ2v) is 7.86. The molecule has 4 rings (SSSR count). The topological polar surface area (TPSA) is 83.0 Å². The van der Waals surface area contributed by atoms with Gasteiger partial charge in [0.15, 0.2) is 0 Å². The summed E-state index contributed by atoms with van der Waals surface area (Å²) in [7, 11) is 1.57. The number of methoxy groups -OCH3 is 1. The SMILES string of the molecule is COc1ccccc1NC(=O)N1CCC2(CC1)N=C(c1ccc(C)c(C)c1)C(=O)N2. The summed E-state index contributed by atoms with van der Waals surface area (Å²) in [6, 6.07) is 13.1. The highest BCUT2D eigenvalue weighted by molar-refractivity contribution is 6.46. The zero-order valence-electron chi connectivity index (χ0n) is 17.5. The summed E-state index contributed by atoms with van der Waals surface area (Å²) in [4.78, 5) is 31.8. The van der Waals surface area contributed by atoms with Gasteiger partial charge in [0.25, 0.3) is 5.91 Å². The zero-order chi connectivity index (χ0) is 21.3. The van der Waals surface area contributed by atoms with E-state index in [9.17, 15) is 9.59 Å². The van der Waals surface area contributed by atoms with Crippen molar-refractivity contribution in [2.24, 2.45) is 4.99 Å². The molecule has 2 heterocycles. The Morgan fingerprint density at radius 3 is 2.57 bits per heavy atom. The second kappa shape index (κ2) is 7.82. The molecule has 1 fully saturated rings. The standard InChI is InChI=1S/C23H26N4O3/c1-15-8-9-17(14-16(15)2)20-21(28)26-23(25-20)10-12-27(13-11-23)22(29)24-18-6-4-5-7-19(18)30-3/h4-9,14H,10-13H2,1-3H3,(H,24,29)(H,26,28). The quantitative estimate of drug-likeness (QED) is 0.821. The summed E-state index contributed by atoms with van der Waals surface area (Å²) in [6.45, 7) is 5.08. The van der Waals surface area contributed by atoms with Crippen molar-refractivity contribution in [2.75, 3.05) is 25.5 Å². The summed E-state index contributed by atoms with van der Waals surface area (Å²) in [5.41, 5.74) is 3.63. The van der Waals surface area contributed by atoms with Gasteiger partial charge in [0.05, 0.1) is 12.8 Å². The fraction of sp³-hybridized carbons (Fsp3) is 0.348. The number of carbonyl (C=O) groups is 2. The van der Waals surface area contributed by atoms with E-state index in [2.05, 4.69) is 10.6 Å². The number of aliphatic imine (C=N–C) groups is 1. The van der Waals surface area contributed by atoms with Gasteiger partial charge in [-0.3, -0.25) is 9.79 Å². The first-order valence-electron chi connectivity index (χ1n) is 10.1. The normalized spacial score (nSPS) is 17.5. The Labute approximate surface area is 176 Å². The molecule has 1 spiro atoms. The number of nitrogens with zero attached hydrogens (tertiary/aromatic N) is 2. The number of ether oxygens (including phenoxy) is 1. The van der Waals surface area contributed by atoms with E-state index in [4.69, 9.17) is 9.73 Å². The lowest BCUT2D eigenvalue weighted by molar-refractivity contribution is -0.115. The number of aryl methyl sites for hydroxylation is 2. The average Bonchev–Trinajstić information content (AvgIpc) is 3.06.